The number of fused-ring (bicyclic) bond motifs is 1. The van der Waals surface area contributed by atoms with Crippen LogP contribution in [0.4, 0.5) is 11.8 Å². The first-order valence-corrected chi connectivity index (χ1v) is 5.97. The average Bonchev–Trinajstić information content (AvgIpc) is 3.01. The number of nitrogens with two attached hydrogens (primary N) is 1. The first kappa shape index (κ1) is 12.2. The van der Waals surface area contributed by atoms with Crippen molar-refractivity contribution in [2.24, 2.45) is 11.0 Å². The number of rotatable bonds is 3. The lowest BCUT2D eigenvalue weighted by Crippen LogP contribution is -2.26. The summed E-state index contributed by atoms with van der Waals surface area (Å²) in [6.07, 6.45) is 1.79. The fourth-order valence-electron chi connectivity index (χ4n) is 2.29. The van der Waals surface area contributed by atoms with Crippen LogP contribution in [0.3, 0.4) is 0 Å². The molecule has 3 heterocycles. The van der Waals surface area contributed by atoms with E-state index in [1.54, 1.807) is 0 Å². The van der Waals surface area contributed by atoms with Crippen molar-refractivity contribution in [2.75, 3.05) is 23.7 Å². The van der Waals surface area contributed by atoms with Crippen LogP contribution in [0.2, 0.25) is 0 Å². The van der Waals surface area contributed by atoms with E-state index in [0.717, 1.165) is 0 Å². The molecule has 1 fully saturated rings. The predicted octanol–water partition coefficient (Wildman–Crippen LogP) is 0.598. The molecule has 0 spiro atoms. The minimum absolute atomic E-state index is 0.0208. The number of amides is 1. The molecule has 0 radical (unpaired) electrons. The van der Waals surface area contributed by atoms with Gasteiger partial charge < -0.3 is 10.7 Å². The van der Waals surface area contributed by atoms with Gasteiger partial charge in [0.05, 0.1) is 6.33 Å². The summed E-state index contributed by atoms with van der Waals surface area (Å²) in [5.74, 6) is 0.369. The van der Waals surface area contributed by atoms with Crippen LogP contribution >= 0.6 is 0 Å². The molecule has 2 aromatic heterocycles. The Morgan fingerprint density at radius 2 is 2.45 bits per heavy atom. The van der Waals surface area contributed by atoms with Gasteiger partial charge in [-0.1, -0.05) is 5.11 Å². The molecule has 1 unspecified atom stereocenters. The van der Waals surface area contributed by atoms with Crippen LogP contribution in [-0.4, -0.2) is 38.9 Å². The van der Waals surface area contributed by atoms with Crippen molar-refractivity contribution < 1.29 is 4.79 Å². The fraction of sp³-hybridized carbons (Fsp3) is 0.400. The monoisotopic (exact) mass is 273 g/mol. The number of carbonyl (C=O) groups excluding carboxylic acids is 1. The zero-order chi connectivity index (χ0) is 14.1. The number of anilines is 2. The van der Waals surface area contributed by atoms with Gasteiger partial charge in [0.1, 0.15) is 5.52 Å². The Bertz CT molecular complexity index is 717. The van der Waals surface area contributed by atoms with Crippen molar-refractivity contribution in [3.05, 3.63) is 16.8 Å². The van der Waals surface area contributed by atoms with Gasteiger partial charge in [0.2, 0.25) is 11.9 Å². The Morgan fingerprint density at radius 1 is 1.60 bits per heavy atom. The quantitative estimate of drug-likeness (QED) is 0.476. The summed E-state index contributed by atoms with van der Waals surface area (Å²) >= 11 is 0. The Morgan fingerprint density at radius 3 is 3.25 bits per heavy atom. The second-order valence-corrected chi connectivity index (χ2v) is 4.49. The number of azide groups is 1. The van der Waals surface area contributed by atoms with Crippen molar-refractivity contribution in [1.82, 2.24) is 19.9 Å². The van der Waals surface area contributed by atoms with Crippen LogP contribution in [0.25, 0.3) is 21.6 Å². The standard InChI is InChI=1S/C10H11N9O/c11-10-16-8-7(13-4-14-8)9(17-10)19-3-5(1-6(19)20)2-15-18-12/h4-5H,1-3H2,(H3,11,13,14,16,17). The molecule has 10 heteroatoms. The molecule has 2 aromatic rings. The smallest absolute Gasteiger partial charge is 0.228 e. The summed E-state index contributed by atoms with van der Waals surface area (Å²) in [7, 11) is 0. The van der Waals surface area contributed by atoms with Crippen LogP contribution in [-0.2, 0) is 4.79 Å². The van der Waals surface area contributed by atoms with Crippen LogP contribution in [0.1, 0.15) is 6.42 Å². The van der Waals surface area contributed by atoms with Gasteiger partial charge in [0.15, 0.2) is 11.5 Å². The highest BCUT2D eigenvalue weighted by atomic mass is 16.2. The lowest BCUT2D eigenvalue weighted by atomic mass is 10.1. The Labute approximate surface area is 112 Å². The molecule has 1 aliphatic heterocycles. The second-order valence-electron chi connectivity index (χ2n) is 4.49. The zero-order valence-electron chi connectivity index (χ0n) is 10.4. The molecule has 1 amide bonds. The highest BCUT2D eigenvalue weighted by Crippen LogP contribution is 2.28. The van der Waals surface area contributed by atoms with Gasteiger partial charge in [-0.3, -0.25) is 9.69 Å². The highest BCUT2D eigenvalue weighted by Gasteiger charge is 2.32. The molecule has 0 bridgehead atoms. The summed E-state index contributed by atoms with van der Waals surface area (Å²) in [5, 5.41) is 3.51. The number of aromatic nitrogens is 4. The first-order chi connectivity index (χ1) is 9.69. The zero-order valence-corrected chi connectivity index (χ0v) is 10.4. The largest absolute Gasteiger partial charge is 0.368 e. The molecule has 3 rings (SSSR count). The van der Waals surface area contributed by atoms with E-state index in [1.165, 1.54) is 11.2 Å². The number of H-pyrrole nitrogens is 1. The third-order valence-electron chi connectivity index (χ3n) is 3.15. The normalized spacial score (nSPS) is 18.5. The summed E-state index contributed by atoms with van der Waals surface area (Å²) in [6, 6.07) is 0. The number of imidazole rings is 1. The molecule has 10 nitrogen and oxygen atoms in total. The van der Waals surface area contributed by atoms with Crippen molar-refractivity contribution in [3.8, 4) is 0 Å². The number of carbonyl (C=O) groups is 1. The molecule has 1 saturated heterocycles. The van der Waals surface area contributed by atoms with E-state index < -0.39 is 0 Å². The number of nitrogens with zero attached hydrogens (tertiary/aromatic N) is 7. The van der Waals surface area contributed by atoms with E-state index in [1.807, 2.05) is 0 Å². The Hall–Kier alpha value is -2.87. The molecule has 20 heavy (non-hydrogen) atoms. The summed E-state index contributed by atoms with van der Waals surface area (Å²) in [5.41, 5.74) is 14.9. The van der Waals surface area contributed by atoms with Gasteiger partial charge in [0.25, 0.3) is 0 Å². The number of nitrogen functional groups attached to an aromatic ring is 1. The lowest BCUT2D eigenvalue weighted by molar-refractivity contribution is -0.117. The maximum atomic E-state index is 12.1. The minimum Gasteiger partial charge on any atom is -0.368 e. The molecule has 0 saturated carbocycles. The highest BCUT2D eigenvalue weighted by molar-refractivity contribution is 6.00. The predicted molar refractivity (Wildman–Crippen MR) is 70.6 cm³/mol. The topological polar surface area (TPSA) is 150 Å². The molecular formula is C10H11N9O. The van der Waals surface area contributed by atoms with E-state index >= 15 is 0 Å². The maximum absolute atomic E-state index is 12.1. The van der Waals surface area contributed by atoms with Crippen molar-refractivity contribution in [1.29, 1.82) is 0 Å². The molecule has 3 N–H and O–H groups in total. The lowest BCUT2D eigenvalue weighted by Gasteiger charge is -2.15. The third kappa shape index (κ3) is 1.97. The van der Waals surface area contributed by atoms with Crippen molar-refractivity contribution >= 4 is 28.8 Å². The molecular weight excluding hydrogens is 262 g/mol. The summed E-state index contributed by atoms with van der Waals surface area (Å²) in [4.78, 5) is 31.3. The van der Waals surface area contributed by atoms with Crippen LogP contribution < -0.4 is 10.6 Å². The number of nitrogens with one attached hydrogen (secondary N) is 1. The Kier molecular flexibility index (Phi) is 2.84. The molecule has 0 aromatic carbocycles. The maximum Gasteiger partial charge on any atom is 0.228 e. The van der Waals surface area contributed by atoms with E-state index in [9.17, 15) is 4.79 Å². The number of hydrogen-bond acceptors (Lipinski definition) is 6. The summed E-state index contributed by atoms with van der Waals surface area (Å²) < 4.78 is 0. The van der Waals surface area contributed by atoms with Crippen molar-refractivity contribution in [2.45, 2.75) is 6.42 Å². The third-order valence-corrected chi connectivity index (χ3v) is 3.15. The Balaban J connectivity index is 1.97. The van der Waals surface area contributed by atoms with Crippen LogP contribution in [0, 0.1) is 5.92 Å². The van der Waals surface area contributed by atoms with Gasteiger partial charge in [-0.15, -0.1) is 0 Å². The van der Waals surface area contributed by atoms with Crippen LogP contribution in [0.15, 0.2) is 11.4 Å². The van der Waals surface area contributed by atoms with Crippen LogP contribution in [0.5, 0.6) is 0 Å². The minimum atomic E-state index is -0.0860. The van der Waals surface area contributed by atoms with Crippen molar-refractivity contribution in [3.63, 3.8) is 0 Å². The van der Waals surface area contributed by atoms with Gasteiger partial charge in [-0.2, -0.15) is 9.97 Å². The van der Waals surface area contributed by atoms with Gasteiger partial charge in [-0.25, -0.2) is 4.98 Å². The fourth-order valence-corrected chi connectivity index (χ4v) is 2.29. The molecule has 1 atom stereocenters. The summed E-state index contributed by atoms with van der Waals surface area (Å²) in [6.45, 7) is 0.716. The van der Waals surface area contributed by atoms with E-state index in [2.05, 4.69) is 30.0 Å². The SMILES string of the molecule is [N-]=[N+]=NCC1CC(=O)N(c2nc(N)nc3nc[nH]c23)C1. The second kappa shape index (κ2) is 4.67. The number of hydrogen-bond donors (Lipinski definition) is 2. The van der Waals surface area contributed by atoms with Gasteiger partial charge >= 0.3 is 0 Å². The van der Waals surface area contributed by atoms with Gasteiger partial charge in [0, 0.05) is 24.4 Å². The number of aromatic amines is 1. The van der Waals surface area contributed by atoms with E-state index in [-0.39, 0.29) is 24.3 Å². The van der Waals surface area contributed by atoms with Gasteiger partial charge in [-0.05, 0) is 11.4 Å². The van der Waals surface area contributed by atoms with E-state index in [0.29, 0.717) is 29.9 Å². The molecule has 1 aliphatic rings. The van der Waals surface area contributed by atoms with E-state index in [4.69, 9.17) is 11.3 Å². The molecule has 0 aliphatic carbocycles. The molecule has 102 valence electrons. The average molecular weight is 273 g/mol. The first-order valence-electron chi connectivity index (χ1n) is 5.97.